The van der Waals surface area contributed by atoms with Crippen molar-refractivity contribution in [3.8, 4) is 5.75 Å². The third-order valence-electron chi connectivity index (χ3n) is 6.36. The second-order valence-electron chi connectivity index (χ2n) is 8.42. The molecular weight excluding hydrogens is 461 g/mol. The lowest BCUT2D eigenvalue weighted by atomic mass is 9.90. The van der Waals surface area contributed by atoms with E-state index in [-0.39, 0.29) is 12.3 Å². The zero-order chi connectivity index (χ0) is 23.1. The van der Waals surface area contributed by atoms with Crippen molar-refractivity contribution in [2.45, 2.75) is 12.3 Å². The second kappa shape index (κ2) is 8.72. The van der Waals surface area contributed by atoms with Crippen molar-refractivity contribution in [2.24, 2.45) is 0 Å². The van der Waals surface area contributed by atoms with Crippen LogP contribution in [0.4, 0.5) is 5.69 Å². The zero-order valence-electron chi connectivity index (χ0n) is 18.2. The third kappa shape index (κ3) is 3.69. The van der Waals surface area contributed by atoms with E-state index in [0.717, 1.165) is 43.9 Å². The van der Waals surface area contributed by atoms with Crippen LogP contribution in [-0.2, 0) is 0 Å². The highest BCUT2D eigenvalue weighted by Gasteiger charge is 2.38. The van der Waals surface area contributed by atoms with Crippen molar-refractivity contribution < 1.29 is 4.74 Å². The van der Waals surface area contributed by atoms with Crippen molar-refractivity contribution in [3.63, 3.8) is 0 Å². The van der Waals surface area contributed by atoms with Crippen molar-refractivity contribution >= 4 is 39.7 Å². The Morgan fingerprint density at radius 2 is 1.21 bits per heavy atom. The molecule has 1 aliphatic heterocycles. The molecule has 166 valence electrons. The molecule has 0 spiro atoms. The van der Waals surface area contributed by atoms with Gasteiger partial charge in [0.1, 0.15) is 5.75 Å². The van der Waals surface area contributed by atoms with Crippen molar-refractivity contribution in [1.82, 2.24) is 0 Å². The van der Waals surface area contributed by atoms with E-state index in [2.05, 4.69) is 77.7 Å². The molecule has 4 heteroatoms. The van der Waals surface area contributed by atoms with E-state index in [9.17, 15) is 0 Å². The largest absolute Gasteiger partial charge is 0.465 e. The minimum absolute atomic E-state index is 0.0753. The van der Waals surface area contributed by atoms with E-state index in [1.165, 1.54) is 0 Å². The highest BCUT2D eigenvalue weighted by Crippen LogP contribution is 2.50. The quantitative estimate of drug-likeness (QED) is 0.255. The summed E-state index contributed by atoms with van der Waals surface area (Å²) in [7, 11) is 0. The number of ether oxygens (including phenoxy) is 1. The van der Waals surface area contributed by atoms with Crippen LogP contribution in [-0.4, -0.2) is 0 Å². The van der Waals surface area contributed by atoms with E-state index in [0.29, 0.717) is 5.02 Å². The molecule has 2 unspecified atom stereocenters. The molecule has 34 heavy (non-hydrogen) atoms. The van der Waals surface area contributed by atoms with Gasteiger partial charge in [-0.1, -0.05) is 102 Å². The van der Waals surface area contributed by atoms with Gasteiger partial charge < -0.3 is 9.64 Å². The lowest BCUT2D eigenvalue weighted by Crippen LogP contribution is -2.40. The first kappa shape index (κ1) is 21.1. The van der Waals surface area contributed by atoms with E-state index in [1.807, 2.05) is 42.5 Å². The van der Waals surface area contributed by atoms with Gasteiger partial charge >= 0.3 is 0 Å². The number of fused-ring (bicyclic) bond motifs is 3. The SMILES string of the molecule is Clc1ccc(C2Oc3c(ccc4ccccc34)C(c3ccc(Cl)cc3)N2c2ccccc2)cc1. The molecule has 6 rings (SSSR count). The molecule has 0 fully saturated rings. The maximum Gasteiger partial charge on any atom is 0.199 e. The van der Waals surface area contributed by atoms with Gasteiger partial charge in [-0.3, -0.25) is 0 Å². The first-order valence-corrected chi connectivity index (χ1v) is 12.0. The molecule has 0 amide bonds. The lowest BCUT2D eigenvalue weighted by Gasteiger charge is -2.45. The van der Waals surface area contributed by atoms with Crippen LogP contribution >= 0.6 is 23.2 Å². The fraction of sp³-hybridized carbons (Fsp3) is 0.0667. The summed E-state index contributed by atoms with van der Waals surface area (Å²) in [5, 5.41) is 3.67. The third-order valence-corrected chi connectivity index (χ3v) is 6.86. The Bertz CT molecular complexity index is 1450. The van der Waals surface area contributed by atoms with Gasteiger partial charge in [0.25, 0.3) is 0 Å². The smallest absolute Gasteiger partial charge is 0.199 e. The molecule has 2 nitrogen and oxygen atoms in total. The average molecular weight is 482 g/mol. The van der Waals surface area contributed by atoms with E-state index in [1.54, 1.807) is 0 Å². The Labute approximate surface area is 208 Å². The van der Waals surface area contributed by atoms with Crippen molar-refractivity contribution in [3.05, 3.63) is 142 Å². The topological polar surface area (TPSA) is 12.5 Å². The number of hydrogen-bond donors (Lipinski definition) is 0. The summed E-state index contributed by atoms with van der Waals surface area (Å²) in [6.45, 7) is 0. The maximum atomic E-state index is 6.87. The molecule has 5 aromatic rings. The summed E-state index contributed by atoms with van der Waals surface area (Å²) in [5.74, 6) is 0.908. The van der Waals surface area contributed by atoms with Crippen LogP contribution in [0.3, 0.4) is 0 Å². The number of benzene rings is 5. The fourth-order valence-electron chi connectivity index (χ4n) is 4.79. The summed E-state index contributed by atoms with van der Waals surface area (Å²) >= 11 is 12.5. The van der Waals surface area contributed by atoms with E-state index in [4.69, 9.17) is 27.9 Å². The zero-order valence-corrected chi connectivity index (χ0v) is 19.7. The van der Waals surface area contributed by atoms with Gasteiger partial charge in [0.05, 0.1) is 6.04 Å². The molecule has 0 radical (unpaired) electrons. The molecule has 0 aliphatic carbocycles. The molecule has 2 atom stereocenters. The first-order valence-electron chi connectivity index (χ1n) is 11.2. The number of anilines is 1. The maximum absolute atomic E-state index is 6.87. The highest BCUT2D eigenvalue weighted by atomic mass is 35.5. The summed E-state index contributed by atoms with van der Waals surface area (Å²) < 4.78 is 6.87. The highest BCUT2D eigenvalue weighted by molar-refractivity contribution is 6.30. The van der Waals surface area contributed by atoms with Gasteiger partial charge in [-0.05, 0) is 47.3 Å². The Morgan fingerprint density at radius 3 is 1.91 bits per heavy atom. The van der Waals surface area contributed by atoms with Gasteiger partial charge in [-0.25, -0.2) is 0 Å². The van der Waals surface area contributed by atoms with Crippen molar-refractivity contribution in [1.29, 1.82) is 0 Å². The Balaban J connectivity index is 1.64. The summed E-state index contributed by atoms with van der Waals surface area (Å²) in [6, 6.07) is 39.1. The average Bonchev–Trinajstić information content (AvgIpc) is 2.89. The predicted molar refractivity (Wildman–Crippen MR) is 141 cm³/mol. The molecule has 5 aromatic carbocycles. The van der Waals surface area contributed by atoms with Crippen LogP contribution in [0.1, 0.15) is 29.0 Å². The lowest BCUT2D eigenvalue weighted by molar-refractivity contribution is 0.172. The van der Waals surface area contributed by atoms with Crippen LogP contribution in [0.25, 0.3) is 10.8 Å². The Morgan fingerprint density at radius 1 is 0.588 bits per heavy atom. The second-order valence-corrected chi connectivity index (χ2v) is 9.30. The first-order chi connectivity index (χ1) is 16.7. The van der Waals surface area contributed by atoms with Crippen LogP contribution < -0.4 is 9.64 Å². The Kier molecular flexibility index (Phi) is 5.41. The summed E-state index contributed by atoms with van der Waals surface area (Å²) in [5.41, 5.74) is 4.37. The van der Waals surface area contributed by atoms with Crippen LogP contribution in [0.15, 0.2) is 115 Å². The fourth-order valence-corrected chi connectivity index (χ4v) is 5.04. The standard InChI is InChI=1S/C30H21Cl2NO/c31-23-15-10-21(11-16-23)28-27-19-14-20-6-4-5-9-26(20)29(27)34-30(22-12-17-24(32)18-13-22)33(28)25-7-2-1-3-8-25/h1-19,28,30H. The van der Waals surface area contributed by atoms with E-state index >= 15 is 0 Å². The number of rotatable bonds is 3. The molecule has 0 aromatic heterocycles. The van der Waals surface area contributed by atoms with Gasteiger partial charge in [0, 0.05) is 32.2 Å². The molecule has 1 aliphatic rings. The van der Waals surface area contributed by atoms with Crippen LogP contribution in [0, 0.1) is 0 Å². The Hall–Kier alpha value is -3.46. The molecule has 0 saturated carbocycles. The van der Waals surface area contributed by atoms with Gasteiger partial charge in [-0.15, -0.1) is 0 Å². The van der Waals surface area contributed by atoms with Gasteiger partial charge in [0.15, 0.2) is 6.23 Å². The molecule has 0 bridgehead atoms. The van der Waals surface area contributed by atoms with Crippen LogP contribution in [0.5, 0.6) is 5.75 Å². The number of hydrogen-bond acceptors (Lipinski definition) is 2. The van der Waals surface area contributed by atoms with Gasteiger partial charge in [0.2, 0.25) is 0 Å². The van der Waals surface area contributed by atoms with Crippen molar-refractivity contribution in [2.75, 3.05) is 4.90 Å². The number of para-hydroxylation sites is 1. The molecule has 1 heterocycles. The normalized spacial score (nSPS) is 17.3. The van der Waals surface area contributed by atoms with Crippen LogP contribution in [0.2, 0.25) is 10.0 Å². The number of halogens is 2. The van der Waals surface area contributed by atoms with Gasteiger partial charge in [-0.2, -0.15) is 0 Å². The monoisotopic (exact) mass is 481 g/mol. The minimum atomic E-state index is -0.348. The number of nitrogens with zero attached hydrogens (tertiary/aromatic N) is 1. The minimum Gasteiger partial charge on any atom is -0.465 e. The summed E-state index contributed by atoms with van der Waals surface area (Å²) in [4.78, 5) is 2.34. The molecular formula is C30H21Cl2NO. The molecule has 0 saturated heterocycles. The van der Waals surface area contributed by atoms with E-state index < -0.39 is 0 Å². The summed E-state index contributed by atoms with van der Waals surface area (Å²) in [6.07, 6.45) is -0.348. The predicted octanol–water partition coefficient (Wildman–Crippen LogP) is 8.83. The molecule has 0 N–H and O–H groups in total.